The fraction of sp³-hybridized carbons (Fsp3) is 0.156. The number of nitrogens with zero attached hydrogens (tertiary/aromatic N) is 2. The van der Waals surface area contributed by atoms with Gasteiger partial charge in [-0.1, -0.05) is 97.1 Å². The average molecular weight is 861 g/mol. The molecule has 2 nitrogen and oxygen atoms in total. The number of benzene rings is 9. The van der Waals surface area contributed by atoms with Crippen molar-refractivity contribution in [1.29, 1.82) is 0 Å². The van der Waals surface area contributed by atoms with Gasteiger partial charge >= 0.3 is 6.85 Å². The number of hydrogen-bond donors (Lipinski definition) is 0. The first-order valence-corrected chi connectivity index (χ1v) is 24.0. The molecule has 0 amide bonds. The number of rotatable bonds is 4. The van der Waals surface area contributed by atoms with E-state index in [-0.39, 0.29) is 6.85 Å². The maximum absolute atomic E-state index is 2.76. The Bertz CT molecular complexity index is 3960. The van der Waals surface area contributed by atoms with Gasteiger partial charge in [0, 0.05) is 43.8 Å². The molecule has 0 radical (unpaired) electrons. The van der Waals surface area contributed by atoms with Gasteiger partial charge in [-0.15, -0.1) is 0 Å². The van der Waals surface area contributed by atoms with E-state index in [1.807, 2.05) is 0 Å². The second-order valence-corrected chi connectivity index (χ2v) is 20.2. The van der Waals surface area contributed by atoms with Crippen molar-refractivity contribution in [2.45, 2.75) is 69.2 Å². The van der Waals surface area contributed by atoms with Crippen molar-refractivity contribution in [1.82, 2.24) is 9.05 Å². The first kappa shape index (κ1) is 40.0. The van der Waals surface area contributed by atoms with Crippen molar-refractivity contribution in [3.8, 4) is 61.3 Å². The van der Waals surface area contributed by atoms with Gasteiger partial charge < -0.3 is 9.05 Å². The molecule has 4 heterocycles. The molecule has 0 unspecified atom stereocenters. The summed E-state index contributed by atoms with van der Waals surface area (Å²) in [6.45, 7) is 22.8. The van der Waals surface area contributed by atoms with Gasteiger partial charge in [0.15, 0.2) is 0 Å². The number of aryl methyl sites for hydroxylation is 10. The van der Waals surface area contributed by atoms with E-state index in [9.17, 15) is 0 Å². The van der Waals surface area contributed by atoms with Crippen LogP contribution in [0.25, 0.3) is 105 Å². The molecule has 11 aromatic rings. The zero-order valence-electron chi connectivity index (χ0n) is 40.3. The van der Waals surface area contributed by atoms with Crippen molar-refractivity contribution in [2.24, 2.45) is 0 Å². The lowest BCUT2D eigenvalue weighted by Crippen LogP contribution is -2.55. The summed E-state index contributed by atoms with van der Waals surface area (Å²) in [6, 6.07) is 54.1. The van der Waals surface area contributed by atoms with Gasteiger partial charge in [-0.05, 0) is 228 Å². The molecule has 2 aliphatic rings. The quantitative estimate of drug-likeness (QED) is 0.156. The standard InChI is InChI=1S/C64H53BN2/c1-34-15-11-16-35(2)56(34)44-23-25-54-48(28-44)51-31-47(59-40(7)21-14-22-41(59)8)33-53-64(51)66(54)62-43(10)27-42(9)60-52-32-46(58-38(5)19-13-20-39(58)6)30-50-49-29-45(57-36(3)17-12-18-37(57)4)24-26-55(49)67(63(50)52)65(53)61(60)62/h11-33H,1-10H3. The largest absolute Gasteiger partial charge is 0.375 e. The summed E-state index contributed by atoms with van der Waals surface area (Å²) in [7, 11) is 0. The second-order valence-electron chi connectivity index (χ2n) is 20.2. The molecule has 0 atom stereocenters. The van der Waals surface area contributed by atoms with Gasteiger partial charge in [-0.3, -0.25) is 0 Å². The summed E-state index contributed by atoms with van der Waals surface area (Å²) in [5, 5.41) is 5.23. The zero-order valence-corrected chi connectivity index (χ0v) is 40.3. The van der Waals surface area contributed by atoms with Crippen LogP contribution in [0.3, 0.4) is 0 Å². The molecular formula is C64H53BN2. The highest BCUT2D eigenvalue weighted by Crippen LogP contribution is 2.49. The first-order chi connectivity index (χ1) is 32.4. The molecule has 2 aliphatic heterocycles. The number of aromatic nitrogens is 2. The van der Waals surface area contributed by atoms with E-state index in [1.54, 1.807) is 0 Å². The van der Waals surface area contributed by atoms with Crippen LogP contribution in [-0.2, 0) is 0 Å². The normalized spacial score (nSPS) is 12.6. The van der Waals surface area contributed by atoms with Crippen LogP contribution in [0.4, 0.5) is 0 Å². The highest BCUT2D eigenvalue weighted by molar-refractivity contribution is 6.90. The van der Waals surface area contributed by atoms with E-state index in [0.717, 1.165) is 0 Å². The lowest BCUT2D eigenvalue weighted by molar-refractivity contribution is 1.14. The lowest BCUT2D eigenvalue weighted by Gasteiger charge is -2.36. The van der Waals surface area contributed by atoms with Crippen LogP contribution in [0, 0.1) is 69.2 Å². The third-order valence-corrected chi connectivity index (χ3v) is 15.9. The van der Waals surface area contributed by atoms with Crippen molar-refractivity contribution in [3.05, 3.63) is 195 Å². The van der Waals surface area contributed by atoms with Crippen LogP contribution in [0.5, 0.6) is 0 Å². The summed E-state index contributed by atoms with van der Waals surface area (Å²) in [6.07, 6.45) is 0. The topological polar surface area (TPSA) is 9.86 Å². The predicted octanol–water partition coefficient (Wildman–Crippen LogP) is 15.6. The maximum Gasteiger partial charge on any atom is 0.333 e. The monoisotopic (exact) mass is 860 g/mol. The molecule has 0 bridgehead atoms. The fourth-order valence-corrected chi connectivity index (χ4v) is 13.3. The van der Waals surface area contributed by atoms with Gasteiger partial charge in [0.05, 0.1) is 11.0 Å². The van der Waals surface area contributed by atoms with Gasteiger partial charge in [0.25, 0.3) is 0 Å². The lowest BCUT2D eigenvalue weighted by atomic mass is 9.45. The molecule has 2 aromatic heterocycles. The molecular weight excluding hydrogens is 808 g/mol. The molecule has 0 saturated heterocycles. The van der Waals surface area contributed by atoms with Crippen molar-refractivity contribution >= 4 is 61.4 Å². The molecule has 67 heavy (non-hydrogen) atoms. The predicted molar refractivity (Wildman–Crippen MR) is 289 cm³/mol. The van der Waals surface area contributed by atoms with Crippen molar-refractivity contribution in [3.63, 3.8) is 0 Å². The Morgan fingerprint density at radius 3 is 1.25 bits per heavy atom. The Morgan fingerprint density at radius 1 is 0.328 bits per heavy atom. The summed E-state index contributed by atoms with van der Waals surface area (Å²) >= 11 is 0. The molecule has 0 fully saturated rings. The molecule has 322 valence electrons. The van der Waals surface area contributed by atoms with Gasteiger partial charge in [0.2, 0.25) is 0 Å². The van der Waals surface area contributed by atoms with Crippen LogP contribution in [-0.4, -0.2) is 15.9 Å². The molecule has 13 rings (SSSR count). The Labute approximate surface area is 394 Å². The minimum atomic E-state index is -0.0603. The van der Waals surface area contributed by atoms with Crippen LogP contribution in [0.15, 0.2) is 140 Å². The summed E-state index contributed by atoms with van der Waals surface area (Å²) in [5.41, 5.74) is 35.4. The van der Waals surface area contributed by atoms with Crippen molar-refractivity contribution in [2.75, 3.05) is 0 Å². The number of fused-ring (bicyclic) bond motifs is 10. The van der Waals surface area contributed by atoms with E-state index < -0.39 is 0 Å². The Kier molecular flexibility index (Phi) is 8.40. The van der Waals surface area contributed by atoms with E-state index in [1.165, 1.54) is 171 Å². The Balaban J connectivity index is 1.23. The molecule has 9 aromatic carbocycles. The minimum absolute atomic E-state index is 0.0603. The molecule has 0 spiro atoms. The van der Waals surface area contributed by atoms with Gasteiger partial charge in [0.1, 0.15) is 0 Å². The third-order valence-electron chi connectivity index (χ3n) is 15.9. The fourth-order valence-electron chi connectivity index (χ4n) is 13.3. The van der Waals surface area contributed by atoms with Crippen LogP contribution >= 0.6 is 0 Å². The summed E-state index contributed by atoms with van der Waals surface area (Å²) in [5.74, 6) is 0. The van der Waals surface area contributed by atoms with Crippen LogP contribution in [0.1, 0.15) is 55.6 Å². The molecule has 3 heteroatoms. The smallest absolute Gasteiger partial charge is 0.333 e. The maximum atomic E-state index is 2.76. The van der Waals surface area contributed by atoms with Gasteiger partial charge in [-0.25, -0.2) is 0 Å². The van der Waals surface area contributed by atoms with E-state index >= 15 is 0 Å². The Hall–Kier alpha value is -7.36. The van der Waals surface area contributed by atoms with Crippen LogP contribution < -0.4 is 10.9 Å². The molecule has 0 N–H and O–H groups in total. The highest BCUT2D eigenvalue weighted by Gasteiger charge is 2.43. The minimum Gasteiger partial charge on any atom is -0.375 e. The van der Waals surface area contributed by atoms with E-state index in [4.69, 9.17) is 0 Å². The molecule has 0 aliphatic carbocycles. The summed E-state index contributed by atoms with van der Waals surface area (Å²) < 4.78 is 5.43. The second kappa shape index (κ2) is 14.1. The third kappa shape index (κ3) is 5.40. The average Bonchev–Trinajstić information content (AvgIpc) is 3.79. The Morgan fingerprint density at radius 2 is 0.746 bits per heavy atom. The van der Waals surface area contributed by atoms with Gasteiger partial charge in [-0.2, -0.15) is 0 Å². The SMILES string of the molecule is Cc1cccc(C)c1-c1ccc2c(c1)c1cc(-c3c(C)cccc3C)cc3c1n2B1c2c-3c(C)cc(C)c2-n2c3ccc(-c4c(C)cccc4C)cc3c3cc(-c4c(C)cccc4C)cc1c32. The summed E-state index contributed by atoms with van der Waals surface area (Å²) in [4.78, 5) is 0. The zero-order chi connectivity index (χ0) is 45.9. The first-order valence-electron chi connectivity index (χ1n) is 24.0. The number of hydrogen-bond acceptors (Lipinski definition) is 0. The van der Waals surface area contributed by atoms with Crippen molar-refractivity contribution < 1.29 is 0 Å². The van der Waals surface area contributed by atoms with E-state index in [0.29, 0.717) is 0 Å². The highest BCUT2D eigenvalue weighted by atomic mass is 15.0. The van der Waals surface area contributed by atoms with Crippen LogP contribution in [0.2, 0.25) is 0 Å². The van der Waals surface area contributed by atoms with E-state index in [2.05, 4.69) is 218 Å². The molecule has 0 saturated carbocycles.